The zero-order valence-corrected chi connectivity index (χ0v) is 22.6. The molecular weight excluding hydrogens is 512 g/mol. The zero-order chi connectivity index (χ0) is 25.8. The van der Waals surface area contributed by atoms with Gasteiger partial charge in [-0.3, -0.25) is 4.55 Å². The molecule has 0 aliphatic heterocycles. The van der Waals surface area contributed by atoms with Crippen molar-refractivity contribution < 1.29 is 22.6 Å². The van der Waals surface area contributed by atoms with Crippen LogP contribution in [0.25, 0.3) is 11.1 Å². The Kier molecular flexibility index (Phi) is 11.2. The quantitative estimate of drug-likeness (QED) is 0.204. The number of hydrogen-bond acceptors (Lipinski definition) is 7. The number of methoxy groups -OCH3 is 1. The Balaban J connectivity index is 0.00000456. The molecule has 0 aliphatic rings. The fraction of sp³-hybridized carbons (Fsp3) is 0.435. The molecule has 36 heavy (non-hydrogen) atoms. The number of nitrogens with one attached hydrogen (secondary N) is 1. The molecule has 0 saturated carbocycles. The van der Waals surface area contributed by atoms with Crippen LogP contribution in [-0.4, -0.2) is 79.9 Å². The molecule has 2 N–H and O–H groups in total. The predicted molar refractivity (Wildman–Crippen MR) is 144 cm³/mol. The first-order valence-electron chi connectivity index (χ1n) is 11.2. The van der Waals surface area contributed by atoms with Crippen molar-refractivity contribution in [3.63, 3.8) is 0 Å². The Hall–Kier alpha value is -1.67. The monoisotopic (exact) mass is 545 g/mol. The summed E-state index contributed by atoms with van der Waals surface area (Å²) in [7, 11) is 0.225. The van der Waals surface area contributed by atoms with Crippen LogP contribution in [0.4, 0.5) is 16.0 Å². The number of aromatic nitrogens is 4. The molecule has 0 radical (unpaired) electrons. The van der Waals surface area contributed by atoms with Crippen LogP contribution < -0.4 is 10.1 Å². The maximum atomic E-state index is 14.7. The van der Waals surface area contributed by atoms with Crippen molar-refractivity contribution in [2.75, 3.05) is 19.0 Å². The summed E-state index contributed by atoms with van der Waals surface area (Å²) >= 11 is -2.38. The topological polar surface area (TPSA) is 111 Å². The van der Waals surface area contributed by atoms with Gasteiger partial charge >= 0.3 is 29.6 Å². The van der Waals surface area contributed by atoms with Gasteiger partial charge in [-0.05, 0) is 41.3 Å². The van der Waals surface area contributed by atoms with Gasteiger partial charge in [0, 0.05) is 32.5 Å². The molecule has 1 atom stereocenters. The molecule has 9 nitrogen and oxygen atoms in total. The van der Waals surface area contributed by atoms with E-state index in [2.05, 4.69) is 40.0 Å². The van der Waals surface area contributed by atoms with Crippen LogP contribution in [0, 0.1) is 5.82 Å². The van der Waals surface area contributed by atoms with Crippen molar-refractivity contribution in [3.05, 3.63) is 41.8 Å². The second-order valence-corrected chi connectivity index (χ2v) is 16.1. The third-order valence-electron chi connectivity index (χ3n) is 5.27. The van der Waals surface area contributed by atoms with Crippen LogP contribution in [-0.2, 0) is 22.5 Å². The number of hydrogen-bond donors (Lipinski definition) is 2. The van der Waals surface area contributed by atoms with Gasteiger partial charge in [-0.2, -0.15) is 4.98 Å². The fourth-order valence-electron chi connectivity index (χ4n) is 3.36. The van der Waals surface area contributed by atoms with Gasteiger partial charge in [-0.15, -0.1) is 5.10 Å². The van der Waals surface area contributed by atoms with E-state index in [4.69, 9.17) is 9.47 Å². The van der Waals surface area contributed by atoms with Gasteiger partial charge in [0.15, 0.2) is 0 Å². The van der Waals surface area contributed by atoms with Gasteiger partial charge in [-0.25, -0.2) is 18.3 Å². The molecule has 3 aromatic rings. The van der Waals surface area contributed by atoms with Crippen molar-refractivity contribution in [1.29, 1.82) is 0 Å². The summed E-state index contributed by atoms with van der Waals surface area (Å²) in [4.78, 5) is 8.35. The van der Waals surface area contributed by atoms with E-state index in [1.165, 1.54) is 23.9 Å². The summed E-state index contributed by atoms with van der Waals surface area (Å²) in [6.45, 7) is 11.3. The average molecular weight is 546 g/mol. The van der Waals surface area contributed by atoms with E-state index in [1.807, 2.05) is 13.8 Å². The first-order valence-corrected chi connectivity index (χ1v) is 16.0. The zero-order valence-electron chi connectivity index (χ0n) is 20.8. The van der Waals surface area contributed by atoms with Crippen LogP contribution in [0.3, 0.4) is 0 Å². The number of rotatable bonds is 11. The molecule has 0 spiro atoms. The number of anilines is 2. The van der Waals surface area contributed by atoms with Crippen LogP contribution in [0.5, 0.6) is 5.88 Å². The molecule has 0 amide bonds. The minimum atomic E-state index is -2.38. The second-order valence-electron chi connectivity index (χ2n) is 9.60. The van der Waals surface area contributed by atoms with E-state index in [1.54, 1.807) is 18.3 Å². The molecule has 2 aromatic heterocycles. The molecule has 13 heteroatoms. The average Bonchev–Trinajstić information content (AvgIpc) is 3.20. The van der Waals surface area contributed by atoms with Crippen LogP contribution >= 0.6 is 0 Å². The van der Waals surface area contributed by atoms with Gasteiger partial charge in [0.1, 0.15) is 12.5 Å². The van der Waals surface area contributed by atoms with Gasteiger partial charge in [0.25, 0.3) is 5.16 Å². The van der Waals surface area contributed by atoms with Crippen molar-refractivity contribution in [2.24, 2.45) is 0 Å². The van der Waals surface area contributed by atoms with E-state index >= 15 is 0 Å². The first-order chi connectivity index (χ1) is 16.5. The fourth-order valence-corrected chi connectivity index (χ4v) is 4.45. The Morgan fingerprint density at radius 1 is 1.25 bits per heavy atom. The van der Waals surface area contributed by atoms with Crippen LogP contribution in [0.15, 0.2) is 35.6 Å². The van der Waals surface area contributed by atoms with E-state index in [0.717, 1.165) is 6.04 Å². The van der Waals surface area contributed by atoms with Crippen LogP contribution in [0.1, 0.15) is 25.3 Å². The minimum absolute atomic E-state index is 0. The number of nitrogens with zero attached hydrogens (tertiary/aromatic N) is 4. The molecule has 192 valence electrons. The Morgan fingerprint density at radius 2 is 1.97 bits per heavy atom. The van der Waals surface area contributed by atoms with Gasteiger partial charge in [-0.1, -0.05) is 33.5 Å². The van der Waals surface area contributed by atoms with E-state index in [-0.39, 0.29) is 53.3 Å². The third-order valence-corrected chi connectivity index (χ3v) is 7.46. The molecule has 0 bridgehead atoms. The summed E-state index contributed by atoms with van der Waals surface area (Å²) in [6.07, 6.45) is 1.58. The Labute approximate surface area is 236 Å². The van der Waals surface area contributed by atoms with Crippen molar-refractivity contribution >= 4 is 60.3 Å². The molecule has 3 rings (SSSR count). The summed E-state index contributed by atoms with van der Waals surface area (Å²) in [6, 6.07) is 7.31. The molecule has 0 fully saturated rings. The van der Waals surface area contributed by atoms with Gasteiger partial charge in [0.05, 0.1) is 12.8 Å². The van der Waals surface area contributed by atoms with Gasteiger partial charge in [0.2, 0.25) is 22.9 Å². The van der Waals surface area contributed by atoms with Crippen molar-refractivity contribution in [3.8, 4) is 17.0 Å². The summed E-state index contributed by atoms with van der Waals surface area (Å²) < 4.78 is 48.4. The maximum absolute atomic E-state index is 14.7. The Bertz CT molecular complexity index is 1210. The van der Waals surface area contributed by atoms with Crippen molar-refractivity contribution in [1.82, 2.24) is 19.7 Å². The number of ether oxygens (including phenoxy) is 2. The molecule has 2 heterocycles. The summed E-state index contributed by atoms with van der Waals surface area (Å²) in [5.74, 6) is 0.178. The molecule has 0 saturated heterocycles. The summed E-state index contributed by atoms with van der Waals surface area (Å²) in [5, 5.41) is 7.12. The molecular formula is C23H33FN5NaO4SSi. The SMILES string of the molecule is COc1cc(-c2cc(F)cc(C(C)C)c2Nc2nc(S(=O)O)nn2COCC[Si](C)(C)C)ccn1.[NaH]. The third kappa shape index (κ3) is 8.17. The number of pyridine rings is 1. The second kappa shape index (κ2) is 13.2. The van der Waals surface area contributed by atoms with E-state index in [0.29, 0.717) is 34.9 Å². The number of benzene rings is 1. The Morgan fingerprint density at radius 3 is 2.58 bits per heavy atom. The van der Waals surface area contributed by atoms with Crippen molar-refractivity contribution in [2.45, 2.75) is 57.3 Å². The molecule has 0 aliphatic carbocycles. The molecule has 1 unspecified atom stereocenters. The van der Waals surface area contributed by atoms with E-state index < -0.39 is 25.0 Å². The normalized spacial score (nSPS) is 12.4. The first kappa shape index (κ1) is 30.6. The summed E-state index contributed by atoms with van der Waals surface area (Å²) in [5.41, 5.74) is 2.55. The van der Waals surface area contributed by atoms with E-state index in [9.17, 15) is 13.2 Å². The predicted octanol–water partition coefficient (Wildman–Crippen LogP) is 4.60. The van der Waals surface area contributed by atoms with Gasteiger partial charge < -0.3 is 14.8 Å². The number of halogens is 1. The van der Waals surface area contributed by atoms with Crippen LogP contribution in [0.2, 0.25) is 25.7 Å². The molecule has 1 aromatic carbocycles. The standard InChI is InChI=1S/C23H32FN5O4SSi.Na.H/c1-15(2)18-12-17(24)13-19(16-7-8-25-20(11-16)32-3)21(18)26-22-27-23(34(30)31)28-29(22)14-33-9-10-35(4,5)6;;/h7-8,11-13,15H,9-10,14H2,1-6H3,(H,30,31)(H,26,27,28);;.